The van der Waals surface area contributed by atoms with Crippen molar-refractivity contribution in [3.8, 4) is 17.2 Å². The van der Waals surface area contributed by atoms with E-state index in [-0.39, 0.29) is 22.8 Å². The van der Waals surface area contributed by atoms with E-state index in [0.717, 1.165) is 13.0 Å². The van der Waals surface area contributed by atoms with Crippen molar-refractivity contribution < 1.29 is 42.1 Å². The van der Waals surface area contributed by atoms with Gasteiger partial charge in [-0.05, 0) is 38.1 Å². The molecule has 38 heavy (non-hydrogen) atoms. The Morgan fingerprint density at radius 2 is 1.71 bits per heavy atom. The second kappa shape index (κ2) is 12.6. The summed E-state index contributed by atoms with van der Waals surface area (Å²) in [7, 11) is 1.32. The normalized spacial score (nSPS) is 13.0. The third-order valence-corrected chi connectivity index (χ3v) is 5.25. The maximum atomic E-state index is 14.6. The number of halogens is 2. The SMILES string of the molecule is COc1ccnc(C(=O)N[C@@H](C)C(=O)O[C@@H](C)[C@H](Oc2ccccc2)c2ccc(F)cc2F)c1OC(C)=O. The number of nitrogens with zero attached hydrogens (tertiary/aromatic N) is 1. The summed E-state index contributed by atoms with van der Waals surface area (Å²) in [6.07, 6.45) is -0.928. The average molecular weight is 529 g/mol. The first kappa shape index (κ1) is 28.0. The summed E-state index contributed by atoms with van der Waals surface area (Å²) < 4.78 is 49.7. The number of carbonyl (C=O) groups excluding carboxylic acids is 3. The molecule has 3 aromatic rings. The molecule has 200 valence electrons. The van der Waals surface area contributed by atoms with Gasteiger partial charge in [0, 0.05) is 30.8 Å². The van der Waals surface area contributed by atoms with Gasteiger partial charge < -0.3 is 24.3 Å². The zero-order valence-electron chi connectivity index (χ0n) is 21.1. The smallest absolute Gasteiger partial charge is 0.328 e. The van der Waals surface area contributed by atoms with Crippen LogP contribution in [0.15, 0.2) is 60.8 Å². The van der Waals surface area contributed by atoms with Crippen LogP contribution in [-0.2, 0) is 14.3 Å². The lowest BCUT2D eigenvalue weighted by molar-refractivity contribution is -0.155. The van der Waals surface area contributed by atoms with Crippen LogP contribution in [0, 0.1) is 11.6 Å². The van der Waals surface area contributed by atoms with Gasteiger partial charge in [-0.15, -0.1) is 0 Å². The van der Waals surface area contributed by atoms with Gasteiger partial charge in [-0.25, -0.2) is 18.6 Å². The highest BCUT2D eigenvalue weighted by molar-refractivity contribution is 5.98. The molecule has 0 fully saturated rings. The lowest BCUT2D eigenvalue weighted by atomic mass is 10.0. The molecule has 0 aliphatic rings. The van der Waals surface area contributed by atoms with Gasteiger partial charge in [0.15, 0.2) is 17.5 Å². The van der Waals surface area contributed by atoms with Crippen LogP contribution in [0.4, 0.5) is 8.78 Å². The summed E-state index contributed by atoms with van der Waals surface area (Å²) in [5.41, 5.74) is -0.315. The minimum atomic E-state index is -1.20. The monoisotopic (exact) mass is 528 g/mol. The Morgan fingerprint density at radius 1 is 1.00 bits per heavy atom. The summed E-state index contributed by atoms with van der Waals surface area (Å²) in [5, 5.41) is 2.43. The summed E-state index contributed by atoms with van der Waals surface area (Å²) >= 11 is 0. The summed E-state index contributed by atoms with van der Waals surface area (Å²) in [5.74, 6) is -3.81. The Balaban J connectivity index is 1.77. The number of benzene rings is 2. The Kier molecular flexibility index (Phi) is 9.31. The summed E-state index contributed by atoms with van der Waals surface area (Å²) in [4.78, 5) is 41.1. The molecule has 1 amide bonds. The number of methoxy groups -OCH3 is 1. The number of nitrogens with one attached hydrogen (secondary N) is 1. The van der Waals surface area contributed by atoms with Crippen molar-refractivity contribution in [1.82, 2.24) is 10.3 Å². The van der Waals surface area contributed by atoms with Crippen LogP contribution in [0.1, 0.15) is 42.9 Å². The zero-order chi connectivity index (χ0) is 27.8. The van der Waals surface area contributed by atoms with Gasteiger partial charge in [0.25, 0.3) is 5.91 Å². The van der Waals surface area contributed by atoms with Crippen LogP contribution in [-0.4, -0.2) is 42.1 Å². The molecule has 0 aliphatic heterocycles. The van der Waals surface area contributed by atoms with Crippen molar-refractivity contribution >= 4 is 17.8 Å². The van der Waals surface area contributed by atoms with Crippen molar-refractivity contribution in [3.63, 3.8) is 0 Å². The highest BCUT2D eigenvalue weighted by Crippen LogP contribution is 2.31. The second-order valence-corrected chi connectivity index (χ2v) is 8.14. The predicted molar refractivity (Wildman–Crippen MR) is 131 cm³/mol. The van der Waals surface area contributed by atoms with E-state index in [1.54, 1.807) is 30.3 Å². The molecule has 3 atom stereocenters. The summed E-state index contributed by atoms with van der Waals surface area (Å²) in [6, 6.07) is 11.6. The number of hydrogen-bond donors (Lipinski definition) is 1. The van der Waals surface area contributed by atoms with Crippen molar-refractivity contribution in [2.24, 2.45) is 0 Å². The molecule has 11 heteroatoms. The largest absolute Gasteiger partial charge is 0.493 e. The number of ether oxygens (including phenoxy) is 4. The van der Waals surface area contributed by atoms with E-state index in [1.807, 2.05) is 0 Å². The first-order chi connectivity index (χ1) is 18.1. The first-order valence-corrected chi connectivity index (χ1v) is 11.5. The molecule has 3 rings (SSSR count). The molecule has 0 spiro atoms. The van der Waals surface area contributed by atoms with Crippen molar-refractivity contribution in [1.29, 1.82) is 0 Å². The lowest BCUT2D eigenvalue weighted by Gasteiger charge is -2.27. The van der Waals surface area contributed by atoms with Gasteiger partial charge in [0.1, 0.15) is 29.5 Å². The Morgan fingerprint density at radius 3 is 2.34 bits per heavy atom. The molecule has 2 aromatic carbocycles. The molecular formula is C27H26F2N2O7. The number of amides is 1. The van der Waals surface area contributed by atoms with E-state index in [4.69, 9.17) is 18.9 Å². The number of esters is 2. The molecule has 0 saturated carbocycles. The fourth-order valence-corrected chi connectivity index (χ4v) is 3.46. The molecule has 0 saturated heterocycles. The van der Waals surface area contributed by atoms with Gasteiger partial charge >= 0.3 is 11.9 Å². The highest BCUT2D eigenvalue weighted by atomic mass is 19.1. The van der Waals surface area contributed by atoms with Gasteiger partial charge in [0.05, 0.1) is 7.11 Å². The quantitative estimate of drug-likeness (QED) is 0.391. The number of para-hydroxylation sites is 1. The van der Waals surface area contributed by atoms with E-state index < -0.39 is 47.7 Å². The Bertz CT molecular complexity index is 1300. The third kappa shape index (κ3) is 7.02. The maximum absolute atomic E-state index is 14.6. The van der Waals surface area contributed by atoms with E-state index in [9.17, 15) is 23.2 Å². The zero-order valence-corrected chi connectivity index (χ0v) is 21.1. The number of aromatic nitrogens is 1. The molecule has 1 N–H and O–H groups in total. The Hall–Kier alpha value is -4.54. The lowest BCUT2D eigenvalue weighted by Crippen LogP contribution is -2.42. The number of rotatable bonds is 10. The van der Waals surface area contributed by atoms with E-state index >= 15 is 0 Å². The minimum Gasteiger partial charge on any atom is -0.493 e. The van der Waals surface area contributed by atoms with Crippen LogP contribution in [0.2, 0.25) is 0 Å². The van der Waals surface area contributed by atoms with Crippen molar-refractivity contribution in [2.45, 2.75) is 39.0 Å². The van der Waals surface area contributed by atoms with Gasteiger partial charge in [-0.2, -0.15) is 0 Å². The number of carbonyl (C=O) groups is 3. The molecule has 9 nitrogen and oxygen atoms in total. The summed E-state index contributed by atoms with van der Waals surface area (Å²) in [6.45, 7) is 3.99. The topological polar surface area (TPSA) is 113 Å². The molecule has 1 heterocycles. The average Bonchev–Trinajstić information content (AvgIpc) is 2.87. The Labute approximate surface area is 217 Å². The minimum absolute atomic E-state index is 0.0288. The standard InChI is InChI=1S/C27H26F2N2O7/c1-15(31-26(33)23-25(37-17(3)32)22(35-4)12-13-30-23)27(34)36-16(2)24(38-19-8-6-5-7-9-19)20-11-10-18(28)14-21(20)29/h5-16,24H,1-4H3,(H,31,33)/t15-,16-,24-/m0/s1. The van der Waals surface area contributed by atoms with Gasteiger partial charge in [-0.3, -0.25) is 9.59 Å². The van der Waals surface area contributed by atoms with E-state index in [0.29, 0.717) is 11.8 Å². The van der Waals surface area contributed by atoms with Crippen LogP contribution in [0.25, 0.3) is 0 Å². The molecule has 0 unspecified atom stereocenters. The third-order valence-electron chi connectivity index (χ3n) is 5.25. The van der Waals surface area contributed by atoms with Crippen LogP contribution >= 0.6 is 0 Å². The molecule has 0 radical (unpaired) electrons. The van der Waals surface area contributed by atoms with Gasteiger partial charge in [-0.1, -0.05) is 18.2 Å². The molecule has 1 aromatic heterocycles. The van der Waals surface area contributed by atoms with Crippen LogP contribution in [0.3, 0.4) is 0 Å². The first-order valence-electron chi connectivity index (χ1n) is 11.5. The van der Waals surface area contributed by atoms with Crippen LogP contribution < -0.4 is 19.5 Å². The predicted octanol–water partition coefficient (Wildman–Crippen LogP) is 4.16. The van der Waals surface area contributed by atoms with Gasteiger partial charge in [0.2, 0.25) is 5.75 Å². The molecule has 0 bridgehead atoms. The second-order valence-electron chi connectivity index (χ2n) is 8.14. The fraction of sp³-hybridized carbons (Fsp3) is 0.259. The molecular weight excluding hydrogens is 502 g/mol. The number of pyridine rings is 1. The highest BCUT2D eigenvalue weighted by Gasteiger charge is 2.31. The van der Waals surface area contributed by atoms with E-state index in [1.165, 1.54) is 39.3 Å². The van der Waals surface area contributed by atoms with Crippen molar-refractivity contribution in [2.75, 3.05) is 7.11 Å². The van der Waals surface area contributed by atoms with Crippen molar-refractivity contribution in [3.05, 3.63) is 83.7 Å². The number of hydrogen-bond acceptors (Lipinski definition) is 8. The van der Waals surface area contributed by atoms with Crippen LogP contribution in [0.5, 0.6) is 17.2 Å². The maximum Gasteiger partial charge on any atom is 0.328 e. The molecule has 0 aliphatic carbocycles. The van der Waals surface area contributed by atoms with E-state index in [2.05, 4.69) is 10.3 Å². The fourth-order valence-electron chi connectivity index (χ4n) is 3.46.